The highest BCUT2D eigenvalue weighted by molar-refractivity contribution is 7.98. The molecule has 19 heavy (non-hydrogen) atoms. The van der Waals surface area contributed by atoms with Crippen LogP contribution in [-0.2, 0) is 4.79 Å². The molecule has 1 atom stereocenters. The van der Waals surface area contributed by atoms with Crippen LogP contribution in [0.25, 0.3) is 10.7 Å². The highest BCUT2D eigenvalue weighted by Crippen LogP contribution is 2.25. The topological polar surface area (TPSA) is 80.9 Å². The Morgan fingerprint density at radius 2 is 2.47 bits per heavy atom. The van der Waals surface area contributed by atoms with Crippen LogP contribution in [0, 0.1) is 0 Å². The molecule has 8 heteroatoms. The summed E-state index contributed by atoms with van der Waals surface area (Å²) < 4.78 is 4.21. The van der Waals surface area contributed by atoms with E-state index in [2.05, 4.69) is 14.7 Å². The molecule has 0 aromatic carbocycles. The van der Waals surface area contributed by atoms with Crippen LogP contribution < -0.4 is 11.1 Å². The van der Waals surface area contributed by atoms with E-state index in [1.807, 2.05) is 23.8 Å². The summed E-state index contributed by atoms with van der Waals surface area (Å²) in [6.07, 6.45) is 2.65. The van der Waals surface area contributed by atoms with E-state index in [0.717, 1.165) is 10.6 Å². The lowest BCUT2D eigenvalue weighted by Crippen LogP contribution is -2.36. The number of hydrogen-bond donors (Lipinski definition) is 2. The van der Waals surface area contributed by atoms with Crippen molar-refractivity contribution < 1.29 is 4.79 Å². The molecule has 2 aromatic rings. The second-order valence-electron chi connectivity index (χ2n) is 3.78. The van der Waals surface area contributed by atoms with Gasteiger partial charge >= 0.3 is 0 Å². The molecular formula is C11H14N4OS3. The maximum Gasteiger partial charge on any atom is 0.243 e. The van der Waals surface area contributed by atoms with Crippen molar-refractivity contribution in [1.29, 1.82) is 0 Å². The number of carbonyl (C=O) groups excluding carboxylic acids is 1. The summed E-state index contributed by atoms with van der Waals surface area (Å²) in [6.45, 7) is 0. The molecular weight excluding hydrogens is 300 g/mol. The number of amides is 1. The Hall–Kier alpha value is -0.960. The van der Waals surface area contributed by atoms with Crippen LogP contribution in [0.1, 0.15) is 6.42 Å². The number of aromatic nitrogens is 2. The molecule has 0 aliphatic heterocycles. The van der Waals surface area contributed by atoms with Gasteiger partial charge in [0.2, 0.25) is 11.0 Å². The van der Waals surface area contributed by atoms with Gasteiger partial charge in [-0.2, -0.15) is 21.1 Å². The molecule has 2 aromatic heterocycles. The Morgan fingerprint density at radius 3 is 3.16 bits per heavy atom. The SMILES string of the molecule is CSCCC(N)C(=O)Nc1nc(-c2cccs2)ns1. The van der Waals surface area contributed by atoms with Crippen molar-refractivity contribution in [3.63, 3.8) is 0 Å². The molecule has 2 heterocycles. The number of hydrogen-bond acceptors (Lipinski definition) is 7. The van der Waals surface area contributed by atoms with E-state index < -0.39 is 6.04 Å². The fourth-order valence-corrected chi connectivity index (χ4v) is 3.14. The summed E-state index contributed by atoms with van der Waals surface area (Å²) in [5.41, 5.74) is 5.79. The van der Waals surface area contributed by atoms with Crippen LogP contribution in [0.3, 0.4) is 0 Å². The second-order valence-corrected chi connectivity index (χ2v) is 6.46. The summed E-state index contributed by atoms with van der Waals surface area (Å²) in [5.74, 6) is 1.31. The van der Waals surface area contributed by atoms with Gasteiger partial charge in [0.05, 0.1) is 10.9 Å². The quantitative estimate of drug-likeness (QED) is 0.855. The van der Waals surface area contributed by atoms with Crippen molar-refractivity contribution >= 4 is 45.7 Å². The van der Waals surface area contributed by atoms with Crippen molar-refractivity contribution in [2.75, 3.05) is 17.3 Å². The molecule has 0 fully saturated rings. The van der Waals surface area contributed by atoms with Gasteiger partial charge in [0, 0.05) is 11.5 Å². The largest absolute Gasteiger partial charge is 0.320 e. The minimum atomic E-state index is -0.499. The minimum Gasteiger partial charge on any atom is -0.320 e. The predicted molar refractivity (Wildman–Crippen MR) is 82.8 cm³/mol. The van der Waals surface area contributed by atoms with Crippen molar-refractivity contribution in [2.45, 2.75) is 12.5 Å². The van der Waals surface area contributed by atoms with Crippen LogP contribution in [0.2, 0.25) is 0 Å². The number of thioether (sulfide) groups is 1. The fourth-order valence-electron chi connectivity index (χ4n) is 1.35. The van der Waals surface area contributed by atoms with E-state index in [1.54, 1.807) is 23.1 Å². The van der Waals surface area contributed by atoms with Crippen LogP contribution in [-0.4, -0.2) is 33.3 Å². The Labute approximate surface area is 123 Å². The molecule has 1 amide bonds. The lowest BCUT2D eigenvalue weighted by atomic mass is 10.2. The van der Waals surface area contributed by atoms with Crippen molar-refractivity contribution in [3.8, 4) is 10.7 Å². The molecule has 3 N–H and O–H groups in total. The van der Waals surface area contributed by atoms with E-state index in [4.69, 9.17) is 5.73 Å². The number of nitrogens with two attached hydrogens (primary N) is 1. The van der Waals surface area contributed by atoms with Crippen LogP contribution in [0.15, 0.2) is 17.5 Å². The smallest absolute Gasteiger partial charge is 0.243 e. The first-order chi connectivity index (χ1) is 9.20. The number of thiophene rings is 1. The first-order valence-electron chi connectivity index (χ1n) is 5.63. The zero-order valence-corrected chi connectivity index (χ0v) is 12.8. The zero-order valence-electron chi connectivity index (χ0n) is 10.3. The van der Waals surface area contributed by atoms with Crippen molar-refractivity contribution in [3.05, 3.63) is 17.5 Å². The van der Waals surface area contributed by atoms with Crippen molar-refractivity contribution in [2.24, 2.45) is 5.73 Å². The molecule has 102 valence electrons. The molecule has 1 unspecified atom stereocenters. The Balaban J connectivity index is 1.94. The third-order valence-electron chi connectivity index (χ3n) is 2.37. The van der Waals surface area contributed by atoms with Gasteiger partial charge in [-0.15, -0.1) is 11.3 Å². The van der Waals surface area contributed by atoms with Crippen molar-refractivity contribution in [1.82, 2.24) is 9.36 Å². The number of nitrogens with one attached hydrogen (secondary N) is 1. The Morgan fingerprint density at radius 1 is 1.63 bits per heavy atom. The third kappa shape index (κ3) is 4.00. The molecule has 0 saturated carbocycles. The molecule has 2 rings (SSSR count). The third-order valence-corrected chi connectivity index (χ3v) is 4.51. The molecule has 0 saturated heterocycles. The molecule has 0 radical (unpaired) electrons. The van der Waals surface area contributed by atoms with Gasteiger partial charge in [0.25, 0.3) is 0 Å². The van der Waals surface area contributed by atoms with E-state index >= 15 is 0 Å². The molecule has 5 nitrogen and oxygen atoms in total. The standard InChI is InChI=1S/C11H14N4OS3/c1-17-6-4-7(12)10(16)14-11-13-9(15-19-11)8-3-2-5-18-8/h2-3,5,7H,4,6,12H2,1H3,(H,13,14,15,16). The second kappa shape index (κ2) is 6.99. The zero-order chi connectivity index (χ0) is 13.7. The Bertz CT molecular complexity index is 526. The number of nitrogens with zero attached hydrogens (tertiary/aromatic N) is 2. The van der Waals surface area contributed by atoms with E-state index in [0.29, 0.717) is 17.4 Å². The van der Waals surface area contributed by atoms with Crippen LogP contribution in [0.4, 0.5) is 5.13 Å². The van der Waals surface area contributed by atoms with E-state index in [9.17, 15) is 4.79 Å². The lowest BCUT2D eigenvalue weighted by molar-refractivity contribution is -0.117. The molecule has 0 bridgehead atoms. The highest BCUT2D eigenvalue weighted by atomic mass is 32.2. The maximum atomic E-state index is 11.8. The molecule has 0 spiro atoms. The monoisotopic (exact) mass is 314 g/mol. The van der Waals surface area contributed by atoms with Crippen LogP contribution in [0.5, 0.6) is 0 Å². The van der Waals surface area contributed by atoms with E-state index in [-0.39, 0.29) is 5.91 Å². The summed E-state index contributed by atoms with van der Waals surface area (Å²) in [7, 11) is 0. The van der Waals surface area contributed by atoms with Gasteiger partial charge in [0.1, 0.15) is 0 Å². The van der Waals surface area contributed by atoms with Crippen LogP contribution >= 0.6 is 34.6 Å². The van der Waals surface area contributed by atoms with Gasteiger partial charge in [-0.1, -0.05) is 6.07 Å². The first kappa shape index (κ1) is 14.4. The van der Waals surface area contributed by atoms with Gasteiger partial charge in [-0.25, -0.2) is 0 Å². The van der Waals surface area contributed by atoms with Gasteiger partial charge in [-0.3, -0.25) is 10.1 Å². The predicted octanol–water partition coefficient (Wildman–Crippen LogP) is 2.29. The normalized spacial score (nSPS) is 12.3. The average molecular weight is 314 g/mol. The first-order valence-corrected chi connectivity index (χ1v) is 8.68. The summed E-state index contributed by atoms with van der Waals surface area (Å²) in [6, 6.07) is 3.39. The van der Waals surface area contributed by atoms with Gasteiger partial charge in [0.15, 0.2) is 5.82 Å². The summed E-state index contributed by atoms with van der Waals surface area (Å²) >= 11 is 4.41. The Kier molecular flexibility index (Phi) is 5.32. The molecule has 0 aliphatic carbocycles. The van der Waals surface area contributed by atoms with Gasteiger partial charge < -0.3 is 5.73 Å². The van der Waals surface area contributed by atoms with Gasteiger partial charge in [-0.05, 0) is 29.9 Å². The van der Waals surface area contributed by atoms with E-state index in [1.165, 1.54) is 11.5 Å². The lowest BCUT2D eigenvalue weighted by Gasteiger charge is -2.08. The summed E-state index contributed by atoms with van der Waals surface area (Å²) in [4.78, 5) is 17.1. The number of rotatable bonds is 6. The summed E-state index contributed by atoms with van der Waals surface area (Å²) in [5, 5.41) is 5.17. The maximum absolute atomic E-state index is 11.8. The fraction of sp³-hybridized carbons (Fsp3) is 0.364. The number of anilines is 1. The average Bonchev–Trinajstić information content (AvgIpc) is 3.05. The molecule has 0 aliphatic rings. The highest BCUT2D eigenvalue weighted by Gasteiger charge is 2.15. The number of carbonyl (C=O) groups is 1. The minimum absolute atomic E-state index is 0.206.